The molecular weight excluding hydrogens is 316 g/mol. The molecular formula is C16H16N2O2S2. The van der Waals surface area contributed by atoms with E-state index in [0.717, 1.165) is 26.9 Å². The second-order valence-corrected chi connectivity index (χ2v) is 7.96. The molecule has 0 spiro atoms. The Hall–Kier alpha value is -1.76. The van der Waals surface area contributed by atoms with Gasteiger partial charge in [0.1, 0.15) is 29.2 Å². The van der Waals surface area contributed by atoms with Crippen molar-refractivity contribution >= 4 is 23.5 Å². The Bertz CT molecular complexity index is 718. The van der Waals surface area contributed by atoms with Gasteiger partial charge >= 0.3 is 0 Å². The van der Waals surface area contributed by atoms with Gasteiger partial charge in [-0.15, -0.1) is 0 Å². The van der Waals surface area contributed by atoms with Gasteiger partial charge in [-0.3, -0.25) is 0 Å². The third-order valence-corrected chi connectivity index (χ3v) is 5.82. The molecule has 0 fully saturated rings. The third kappa shape index (κ3) is 2.77. The molecule has 2 rings (SSSR count). The lowest BCUT2D eigenvalue weighted by Gasteiger charge is -2.24. The van der Waals surface area contributed by atoms with E-state index in [-0.39, 0.29) is 11.0 Å². The first-order valence-corrected chi connectivity index (χ1v) is 8.20. The molecule has 0 saturated heterocycles. The summed E-state index contributed by atoms with van der Waals surface area (Å²) in [5, 5.41) is 18.2. The van der Waals surface area contributed by atoms with Crippen LogP contribution >= 0.6 is 23.5 Å². The van der Waals surface area contributed by atoms with Crippen LogP contribution in [0.1, 0.15) is 26.3 Å². The van der Waals surface area contributed by atoms with E-state index in [1.807, 2.05) is 18.2 Å². The highest BCUT2D eigenvalue weighted by molar-refractivity contribution is 8.24. The summed E-state index contributed by atoms with van der Waals surface area (Å²) in [5.74, 6) is 1.52. The molecule has 0 amide bonds. The number of fused-ring (bicyclic) bond motifs is 1. The largest absolute Gasteiger partial charge is 0.496 e. The van der Waals surface area contributed by atoms with Crippen LogP contribution in [-0.4, -0.2) is 14.2 Å². The van der Waals surface area contributed by atoms with E-state index in [9.17, 15) is 0 Å². The number of hydrogen-bond donors (Lipinski definition) is 0. The predicted molar refractivity (Wildman–Crippen MR) is 88.2 cm³/mol. The van der Waals surface area contributed by atoms with Crippen LogP contribution < -0.4 is 9.47 Å². The van der Waals surface area contributed by atoms with Crippen molar-refractivity contribution < 1.29 is 9.47 Å². The Labute approximate surface area is 139 Å². The van der Waals surface area contributed by atoms with Crippen molar-refractivity contribution in [1.29, 1.82) is 10.5 Å². The van der Waals surface area contributed by atoms with Crippen LogP contribution in [0.25, 0.3) is 0 Å². The topological polar surface area (TPSA) is 66.0 Å². The molecule has 4 nitrogen and oxygen atoms in total. The van der Waals surface area contributed by atoms with Gasteiger partial charge in [-0.1, -0.05) is 44.3 Å². The van der Waals surface area contributed by atoms with Crippen molar-refractivity contribution in [2.45, 2.75) is 36.0 Å². The Kier molecular flexibility index (Phi) is 4.65. The smallest absolute Gasteiger partial charge is 0.150 e. The second-order valence-electron chi connectivity index (χ2n) is 5.66. The highest BCUT2D eigenvalue weighted by atomic mass is 32.2. The lowest BCUT2D eigenvalue weighted by atomic mass is 9.86. The summed E-state index contributed by atoms with van der Waals surface area (Å²) in [4.78, 5) is 1.81. The van der Waals surface area contributed by atoms with E-state index < -0.39 is 0 Å². The zero-order valence-electron chi connectivity index (χ0n) is 13.1. The van der Waals surface area contributed by atoms with E-state index in [1.54, 1.807) is 14.2 Å². The number of methoxy groups -OCH3 is 2. The van der Waals surface area contributed by atoms with E-state index in [2.05, 4.69) is 20.8 Å². The molecule has 0 aliphatic carbocycles. The maximum atomic E-state index is 9.08. The van der Waals surface area contributed by atoms with Crippen LogP contribution in [0.5, 0.6) is 11.5 Å². The first kappa shape index (κ1) is 16.6. The second kappa shape index (κ2) is 6.16. The lowest BCUT2D eigenvalue weighted by Crippen LogP contribution is -2.13. The fraction of sp³-hybridized carbons (Fsp3) is 0.375. The molecule has 6 heteroatoms. The van der Waals surface area contributed by atoms with Gasteiger partial charge < -0.3 is 9.47 Å². The molecule has 22 heavy (non-hydrogen) atoms. The van der Waals surface area contributed by atoms with Gasteiger partial charge in [0.05, 0.1) is 28.2 Å². The average molecular weight is 332 g/mol. The standard InChI is InChI=1S/C16H16N2O2S2/c1-16(2,3)10-6-11(19-4)13-14(12(10)20-5)22-15(21-13)9(7-17)8-18/h6H,1-5H3. The zero-order chi connectivity index (χ0) is 16.5. The summed E-state index contributed by atoms with van der Waals surface area (Å²) in [6.07, 6.45) is 0. The van der Waals surface area contributed by atoms with Crippen molar-refractivity contribution in [2.24, 2.45) is 0 Å². The predicted octanol–water partition coefficient (Wildman–Crippen LogP) is 4.46. The van der Waals surface area contributed by atoms with E-state index in [4.69, 9.17) is 20.0 Å². The molecule has 1 heterocycles. The SMILES string of the molecule is COc1cc(C(C)(C)C)c(OC)c2c1SC(=C(C#N)C#N)S2. The van der Waals surface area contributed by atoms with Crippen LogP contribution in [0, 0.1) is 22.7 Å². The average Bonchev–Trinajstić information content (AvgIpc) is 2.90. The van der Waals surface area contributed by atoms with Gasteiger partial charge in [-0.2, -0.15) is 10.5 Å². The number of benzene rings is 1. The summed E-state index contributed by atoms with van der Waals surface area (Å²) < 4.78 is 11.8. The maximum Gasteiger partial charge on any atom is 0.150 e. The van der Waals surface area contributed by atoms with Gasteiger partial charge in [0.2, 0.25) is 0 Å². The number of thioether (sulfide) groups is 2. The molecule has 1 aromatic carbocycles. The Balaban J connectivity index is 2.72. The molecule has 114 valence electrons. The van der Waals surface area contributed by atoms with E-state index >= 15 is 0 Å². The summed E-state index contributed by atoms with van der Waals surface area (Å²) in [5.41, 5.74) is 1.04. The molecule has 0 bridgehead atoms. The van der Waals surface area contributed by atoms with Crippen LogP contribution in [0.15, 0.2) is 25.7 Å². The van der Waals surface area contributed by atoms with Gasteiger partial charge in [-0.25, -0.2) is 0 Å². The summed E-state index contributed by atoms with van der Waals surface area (Å²) >= 11 is 2.78. The van der Waals surface area contributed by atoms with Gasteiger partial charge in [-0.05, 0) is 11.5 Å². The highest BCUT2D eigenvalue weighted by Crippen LogP contribution is 2.60. The van der Waals surface area contributed by atoms with Crippen LogP contribution in [0.3, 0.4) is 0 Å². The molecule has 0 aromatic heterocycles. The summed E-state index contributed by atoms with van der Waals surface area (Å²) in [7, 11) is 3.26. The summed E-state index contributed by atoms with van der Waals surface area (Å²) in [6.45, 7) is 6.32. The first-order chi connectivity index (χ1) is 10.4. The van der Waals surface area contributed by atoms with Crippen molar-refractivity contribution in [2.75, 3.05) is 14.2 Å². The molecule has 0 atom stereocenters. The van der Waals surface area contributed by atoms with Crippen LogP contribution in [0.4, 0.5) is 0 Å². The minimum Gasteiger partial charge on any atom is -0.496 e. The molecule has 0 saturated carbocycles. The minimum atomic E-state index is -0.112. The number of nitrogens with zero attached hydrogens (tertiary/aromatic N) is 2. The number of rotatable bonds is 2. The fourth-order valence-electron chi connectivity index (χ4n) is 2.12. The molecule has 1 aliphatic heterocycles. The summed E-state index contributed by atoms with van der Waals surface area (Å²) in [6, 6.07) is 5.87. The number of nitriles is 2. The van der Waals surface area contributed by atoms with Gasteiger partial charge in [0.25, 0.3) is 0 Å². The monoisotopic (exact) mass is 332 g/mol. The van der Waals surface area contributed by atoms with Crippen molar-refractivity contribution in [3.8, 4) is 23.6 Å². The fourth-order valence-corrected chi connectivity index (χ4v) is 4.71. The van der Waals surface area contributed by atoms with Gasteiger partial charge in [0, 0.05) is 5.56 Å². The quantitative estimate of drug-likeness (QED) is 0.745. The Morgan fingerprint density at radius 2 is 1.64 bits per heavy atom. The van der Waals surface area contributed by atoms with E-state index in [1.165, 1.54) is 23.5 Å². The molecule has 1 aliphatic rings. The van der Waals surface area contributed by atoms with E-state index in [0.29, 0.717) is 4.24 Å². The molecule has 0 unspecified atom stereocenters. The molecule has 0 N–H and O–H groups in total. The highest BCUT2D eigenvalue weighted by Gasteiger charge is 2.33. The number of ether oxygens (including phenoxy) is 2. The minimum absolute atomic E-state index is 0.112. The molecule has 1 aromatic rings. The maximum absolute atomic E-state index is 9.08. The Morgan fingerprint density at radius 1 is 1.05 bits per heavy atom. The van der Waals surface area contributed by atoms with Crippen LogP contribution in [-0.2, 0) is 5.41 Å². The van der Waals surface area contributed by atoms with Crippen molar-refractivity contribution in [1.82, 2.24) is 0 Å². The first-order valence-electron chi connectivity index (χ1n) is 6.57. The van der Waals surface area contributed by atoms with Crippen LogP contribution in [0.2, 0.25) is 0 Å². The molecule has 0 radical (unpaired) electrons. The number of allylic oxidation sites excluding steroid dienone is 1. The normalized spacial score (nSPS) is 13.1. The third-order valence-electron chi connectivity index (χ3n) is 3.21. The van der Waals surface area contributed by atoms with Gasteiger partial charge in [0.15, 0.2) is 0 Å². The Morgan fingerprint density at radius 3 is 2.09 bits per heavy atom. The lowest BCUT2D eigenvalue weighted by molar-refractivity contribution is 0.370. The van der Waals surface area contributed by atoms with Crippen molar-refractivity contribution in [3.63, 3.8) is 0 Å². The van der Waals surface area contributed by atoms with Crippen molar-refractivity contribution in [3.05, 3.63) is 21.4 Å². The zero-order valence-corrected chi connectivity index (χ0v) is 14.7. The number of hydrogen-bond acceptors (Lipinski definition) is 6.